The molecule has 0 bridgehead atoms. The van der Waals surface area contributed by atoms with E-state index in [-0.39, 0.29) is 17.7 Å². The van der Waals surface area contributed by atoms with Crippen LogP contribution in [0, 0.1) is 5.92 Å². The average molecular weight is 393 g/mol. The Bertz CT molecular complexity index is 540. The number of hydrogen-bond donors (Lipinski definition) is 1. The van der Waals surface area contributed by atoms with Crippen molar-refractivity contribution in [1.29, 1.82) is 0 Å². The molecule has 0 radical (unpaired) electrons. The van der Waals surface area contributed by atoms with Crippen molar-refractivity contribution >= 4 is 17.7 Å². The highest BCUT2D eigenvalue weighted by molar-refractivity contribution is 5.79. The van der Waals surface area contributed by atoms with Crippen molar-refractivity contribution in [2.75, 3.05) is 52.4 Å². The number of likely N-dealkylation sites (tertiary alicyclic amines) is 1. The van der Waals surface area contributed by atoms with E-state index in [4.69, 9.17) is 0 Å². The standard InChI is InChI=1S/C21H36N4O3/c26-19(22-10-4-12-24-11-3-7-20(24)27)17-23-13-15-25(16-14-23)21(28)9-8-18-5-1-2-6-18/h18H,1-17H2,(H,22,26). The van der Waals surface area contributed by atoms with Crippen molar-refractivity contribution in [3.63, 3.8) is 0 Å². The molecule has 0 aromatic heterocycles. The van der Waals surface area contributed by atoms with E-state index in [1.54, 1.807) is 0 Å². The fraction of sp³-hybridized carbons (Fsp3) is 0.857. The van der Waals surface area contributed by atoms with Crippen molar-refractivity contribution in [1.82, 2.24) is 20.0 Å². The molecular formula is C21H36N4O3. The predicted octanol–water partition coefficient (Wildman–Crippen LogP) is 1.23. The second-order valence-electron chi connectivity index (χ2n) is 8.53. The molecule has 1 saturated carbocycles. The minimum Gasteiger partial charge on any atom is -0.355 e. The van der Waals surface area contributed by atoms with Crippen molar-refractivity contribution in [2.24, 2.45) is 5.92 Å². The van der Waals surface area contributed by atoms with Crippen molar-refractivity contribution in [3.05, 3.63) is 0 Å². The van der Waals surface area contributed by atoms with Gasteiger partial charge < -0.3 is 15.1 Å². The van der Waals surface area contributed by atoms with E-state index < -0.39 is 0 Å². The number of rotatable bonds is 9. The zero-order valence-corrected chi connectivity index (χ0v) is 17.2. The maximum atomic E-state index is 12.4. The molecule has 7 nitrogen and oxygen atoms in total. The van der Waals surface area contributed by atoms with E-state index in [1.807, 2.05) is 9.80 Å². The van der Waals surface area contributed by atoms with Crippen LogP contribution in [0.3, 0.4) is 0 Å². The Morgan fingerprint density at radius 2 is 1.75 bits per heavy atom. The van der Waals surface area contributed by atoms with Gasteiger partial charge in [0.25, 0.3) is 0 Å². The van der Waals surface area contributed by atoms with E-state index in [0.29, 0.717) is 25.9 Å². The first-order chi connectivity index (χ1) is 13.6. The summed E-state index contributed by atoms with van der Waals surface area (Å²) in [6.07, 6.45) is 9.42. The molecular weight excluding hydrogens is 356 g/mol. The highest BCUT2D eigenvalue weighted by Gasteiger charge is 2.24. The molecule has 0 atom stereocenters. The molecule has 2 saturated heterocycles. The highest BCUT2D eigenvalue weighted by Crippen LogP contribution is 2.28. The molecule has 1 aliphatic carbocycles. The molecule has 0 aromatic rings. The van der Waals surface area contributed by atoms with E-state index in [1.165, 1.54) is 25.7 Å². The van der Waals surface area contributed by atoms with E-state index in [9.17, 15) is 14.4 Å². The lowest BCUT2D eigenvalue weighted by Crippen LogP contribution is -2.51. The summed E-state index contributed by atoms with van der Waals surface area (Å²) < 4.78 is 0. The van der Waals surface area contributed by atoms with Crippen molar-refractivity contribution < 1.29 is 14.4 Å². The van der Waals surface area contributed by atoms with E-state index in [0.717, 1.165) is 64.4 Å². The SMILES string of the molecule is O=C(CN1CCN(C(=O)CCC2CCCC2)CC1)NCCCN1CCCC1=O. The zero-order valence-electron chi connectivity index (χ0n) is 17.2. The van der Waals surface area contributed by atoms with Crippen LogP contribution in [0.25, 0.3) is 0 Å². The Morgan fingerprint density at radius 3 is 2.43 bits per heavy atom. The van der Waals surface area contributed by atoms with Gasteiger partial charge in [0, 0.05) is 58.7 Å². The number of piperazine rings is 1. The maximum absolute atomic E-state index is 12.4. The van der Waals surface area contributed by atoms with Crippen LogP contribution in [0.1, 0.15) is 57.8 Å². The lowest BCUT2D eigenvalue weighted by atomic mass is 10.0. The Hall–Kier alpha value is -1.63. The zero-order chi connectivity index (χ0) is 19.8. The van der Waals surface area contributed by atoms with Gasteiger partial charge in [-0.15, -0.1) is 0 Å². The molecule has 7 heteroatoms. The van der Waals surface area contributed by atoms with Crippen molar-refractivity contribution in [3.8, 4) is 0 Å². The second kappa shape index (κ2) is 10.8. The van der Waals surface area contributed by atoms with Crippen LogP contribution in [0.5, 0.6) is 0 Å². The summed E-state index contributed by atoms with van der Waals surface area (Å²) in [6.45, 7) is 5.60. The van der Waals surface area contributed by atoms with Gasteiger partial charge in [-0.25, -0.2) is 0 Å². The van der Waals surface area contributed by atoms with E-state index in [2.05, 4.69) is 10.2 Å². The van der Waals surface area contributed by atoms with Crippen LogP contribution < -0.4 is 5.32 Å². The fourth-order valence-corrected chi connectivity index (χ4v) is 4.64. The number of nitrogens with zero attached hydrogens (tertiary/aromatic N) is 3. The topological polar surface area (TPSA) is 73.0 Å². The highest BCUT2D eigenvalue weighted by atomic mass is 16.2. The Morgan fingerprint density at radius 1 is 1.00 bits per heavy atom. The third kappa shape index (κ3) is 6.47. The van der Waals surface area contributed by atoms with Gasteiger partial charge in [0.15, 0.2) is 0 Å². The molecule has 28 heavy (non-hydrogen) atoms. The Balaban J connectivity index is 1.23. The molecule has 2 heterocycles. The molecule has 3 amide bonds. The molecule has 3 rings (SSSR count). The largest absolute Gasteiger partial charge is 0.355 e. The van der Waals surface area contributed by atoms with Crippen LogP contribution in [0.2, 0.25) is 0 Å². The molecule has 3 aliphatic rings. The molecule has 3 fully saturated rings. The second-order valence-corrected chi connectivity index (χ2v) is 8.53. The number of nitrogens with one attached hydrogen (secondary N) is 1. The predicted molar refractivity (Wildman–Crippen MR) is 108 cm³/mol. The van der Waals surface area contributed by atoms with Crippen LogP contribution in [0.15, 0.2) is 0 Å². The monoisotopic (exact) mass is 392 g/mol. The van der Waals surface area contributed by atoms with Gasteiger partial charge >= 0.3 is 0 Å². The van der Waals surface area contributed by atoms with Gasteiger partial charge in [0.05, 0.1) is 6.54 Å². The van der Waals surface area contributed by atoms with E-state index >= 15 is 0 Å². The van der Waals surface area contributed by atoms with Gasteiger partial charge in [0.1, 0.15) is 0 Å². The number of carbonyl (C=O) groups excluding carboxylic acids is 3. The number of carbonyl (C=O) groups is 3. The summed E-state index contributed by atoms with van der Waals surface area (Å²) in [4.78, 5) is 42.0. The van der Waals surface area contributed by atoms with Crippen LogP contribution in [0.4, 0.5) is 0 Å². The number of amides is 3. The minimum absolute atomic E-state index is 0.0359. The molecule has 0 aromatic carbocycles. The smallest absolute Gasteiger partial charge is 0.234 e. The normalized spacial score (nSPS) is 21.5. The lowest BCUT2D eigenvalue weighted by Gasteiger charge is -2.34. The summed E-state index contributed by atoms with van der Waals surface area (Å²) in [6, 6.07) is 0. The molecule has 0 unspecified atom stereocenters. The summed E-state index contributed by atoms with van der Waals surface area (Å²) in [5.41, 5.74) is 0. The first kappa shape index (κ1) is 21.1. The first-order valence-corrected chi connectivity index (χ1v) is 11.2. The third-order valence-corrected chi connectivity index (χ3v) is 6.43. The quantitative estimate of drug-likeness (QED) is 0.599. The summed E-state index contributed by atoms with van der Waals surface area (Å²) in [5.74, 6) is 1.32. The summed E-state index contributed by atoms with van der Waals surface area (Å²) in [7, 11) is 0. The van der Waals surface area contributed by atoms with Crippen LogP contribution >= 0.6 is 0 Å². The third-order valence-electron chi connectivity index (χ3n) is 6.43. The van der Waals surface area contributed by atoms with Gasteiger partial charge in [0.2, 0.25) is 17.7 Å². The van der Waals surface area contributed by atoms with Crippen molar-refractivity contribution in [2.45, 2.75) is 57.8 Å². The van der Waals surface area contributed by atoms with Gasteiger partial charge in [-0.2, -0.15) is 0 Å². The average Bonchev–Trinajstić information content (AvgIpc) is 3.36. The Kier molecular flexibility index (Phi) is 8.13. The van der Waals surface area contributed by atoms with Crippen LogP contribution in [-0.2, 0) is 14.4 Å². The first-order valence-electron chi connectivity index (χ1n) is 11.2. The molecule has 2 aliphatic heterocycles. The fourth-order valence-electron chi connectivity index (χ4n) is 4.64. The summed E-state index contributed by atoms with van der Waals surface area (Å²) in [5, 5.41) is 2.96. The molecule has 1 N–H and O–H groups in total. The van der Waals surface area contributed by atoms with Gasteiger partial charge in [-0.05, 0) is 25.2 Å². The summed E-state index contributed by atoms with van der Waals surface area (Å²) >= 11 is 0. The van der Waals surface area contributed by atoms with Gasteiger partial charge in [-0.3, -0.25) is 19.3 Å². The lowest BCUT2D eigenvalue weighted by molar-refractivity contribution is -0.133. The Labute approximate surface area is 168 Å². The van der Waals surface area contributed by atoms with Gasteiger partial charge in [-0.1, -0.05) is 25.7 Å². The minimum atomic E-state index is 0.0359. The van der Waals surface area contributed by atoms with Crippen LogP contribution in [-0.4, -0.2) is 84.8 Å². The molecule has 0 spiro atoms. The maximum Gasteiger partial charge on any atom is 0.234 e. The molecule has 158 valence electrons. The number of hydrogen-bond acceptors (Lipinski definition) is 4.